The molecule has 0 radical (unpaired) electrons. The van der Waals surface area contributed by atoms with Crippen molar-refractivity contribution in [1.82, 2.24) is 0 Å². The van der Waals surface area contributed by atoms with Crippen LogP contribution in [0.25, 0.3) is 0 Å². The van der Waals surface area contributed by atoms with Crippen molar-refractivity contribution < 1.29 is 19.8 Å². The second-order valence-electron chi connectivity index (χ2n) is 6.62. The predicted octanol–water partition coefficient (Wildman–Crippen LogP) is 4.75. The number of halogens is 2. The van der Waals surface area contributed by atoms with Crippen LogP contribution in [0.15, 0.2) is 29.5 Å². The molecule has 0 bridgehead atoms. The van der Waals surface area contributed by atoms with Crippen molar-refractivity contribution in [3.05, 3.63) is 45.1 Å². The fourth-order valence-corrected chi connectivity index (χ4v) is 3.56. The van der Waals surface area contributed by atoms with E-state index in [0.717, 1.165) is 0 Å². The van der Waals surface area contributed by atoms with Crippen LogP contribution >= 0.6 is 23.2 Å². The minimum Gasteiger partial charge on any atom is -0.512 e. The molecule has 0 aliphatic heterocycles. The normalized spacial score (nSPS) is 18.9. The molecule has 4 nitrogen and oxygen atoms in total. The lowest BCUT2D eigenvalue weighted by Crippen LogP contribution is -2.29. The molecule has 6 heteroatoms. The first kappa shape index (κ1) is 17.8. The number of carboxylic acid groups (broad SMARTS) is 1. The fraction of sp³-hybridized carbons (Fsp3) is 0.412. The van der Waals surface area contributed by atoms with Gasteiger partial charge in [-0.1, -0.05) is 43.1 Å². The van der Waals surface area contributed by atoms with Crippen molar-refractivity contribution in [2.45, 2.75) is 39.0 Å². The lowest BCUT2D eigenvalue weighted by molar-refractivity contribution is -0.137. The van der Waals surface area contributed by atoms with Crippen molar-refractivity contribution in [2.75, 3.05) is 0 Å². The van der Waals surface area contributed by atoms with Gasteiger partial charge in [0.1, 0.15) is 5.76 Å². The highest BCUT2D eigenvalue weighted by Crippen LogP contribution is 2.43. The Bertz CT molecular complexity index is 692. The quantitative estimate of drug-likeness (QED) is 0.815. The van der Waals surface area contributed by atoms with Gasteiger partial charge in [-0.3, -0.25) is 9.59 Å². The third-order valence-electron chi connectivity index (χ3n) is 3.96. The van der Waals surface area contributed by atoms with E-state index in [-0.39, 0.29) is 40.4 Å². The summed E-state index contributed by atoms with van der Waals surface area (Å²) in [6.07, 6.45) is 0.260. The van der Waals surface area contributed by atoms with Gasteiger partial charge >= 0.3 is 5.97 Å². The maximum absolute atomic E-state index is 12.5. The number of carbonyl (C=O) groups is 2. The van der Waals surface area contributed by atoms with Gasteiger partial charge in [-0.2, -0.15) is 0 Å². The van der Waals surface area contributed by atoms with Gasteiger partial charge in [0.25, 0.3) is 0 Å². The largest absolute Gasteiger partial charge is 0.512 e. The number of aliphatic carboxylic acids is 1. The summed E-state index contributed by atoms with van der Waals surface area (Å²) in [4.78, 5) is 23.8. The van der Waals surface area contributed by atoms with Gasteiger partial charge < -0.3 is 10.2 Å². The number of benzene rings is 1. The number of allylic oxidation sites excluding steroid dienone is 2. The molecule has 1 unspecified atom stereocenters. The molecule has 1 aromatic carbocycles. The zero-order valence-corrected chi connectivity index (χ0v) is 14.4. The highest BCUT2D eigenvalue weighted by Gasteiger charge is 2.38. The smallest absolute Gasteiger partial charge is 0.304 e. The molecule has 2 N–H and O–H groups in total. The molecule has 0 heterocycles. The van der Waals surface area contributed by atoms with E-state index in [1.165, 1.54) is 6.07 Å². The average Bonchev–Trinajstić information content (AvgIpc) is 2.34. The van der Waals surface area contributed by atoms with Gasteiger partial charge in [0.05, 0.1) is 6.42 Å². The summed E-state index contributed by atoms with van der Waals surface area (Å²) in [5.74, 6) is -2.15. The predicted molar refractivity (Wildman–Crippen MR) is 89.1 cm³/mol. The van der Waals surface area contributed by atoms with Gasteiger partial charge in [0, 0.05) is 34.4 Å². The number of carboxylic acids is 1. The number of Topliss-reactive ketones (excluding diaryl/α,β-unsaturated/α-hetero) is 1. The second kappa shape index (κ2) is 6.54. The summed E-state index contributed by atoms with van der Waals surface area (Å²) < 4.78 is 0. The number of hydrogen-bond donors (Lipinski definition) is 2. The molecule has 1 atom stereocenters. The summed E-state index contributed by atoms with van der Waals surface area (Å²) in [6.45, 7) is 3.78. The highest BCUT2D eigenvalue weighted by molar-refractivity contribution is 6.35. The van der Waals surface area contributed by atoms with E-state index >= 15 is 0 Å². The van der Waals surface area contributed by atoms with E-state index < -0.39 is 11.9 Å². The Kier molecular flexibility index (Phi) is 5.07. The molecule has 23 heavy (non-hydrogen) atoms. The first-order chi connectivity index (χ1) is 10.6. The molecular formula is C17H18Cl2O4. The fourth-order valence-electron chi connectivity index (χ4n) is 3.02. The topological polar surface area (TPSA) is 74.6 Å². The number of ketones is 1. The third-order valence-corrected chi connectivity index (χ3v) is 4.52. The van der Waals surface area contributed by atoms with Crippen molar-refractivity contribution in [3.8, 4) is 0 Å². The van der Waals surface area contributed by atoms with Crippen LogP contribution in [0.1, 0.15) is 44.6 Å². The minimum atomic E-state index is -1.07. The SMILES string of the molecule is CC1(C)CC(=O)C(C(CC(=O)O)c2ccc(Cl)cc2Cl)=C(O)C1. The Balaban J connectivity index is 2.55. The molecule has 124 valence electrons. The van der Waals surface area contributed by atoms with Gasteiger partial charge in [-0.15, -0.1) is 0 Å². The van der Waals surface area contributed by atoms with Crippen molar-refractivity contribution in [3.63, 3.8) is 0 Å². The van der Waals surface area contributed by atoms with Crippen molar-refractivity contribution in [2.24, 2.45) is 5.41 Å². The van der Waals surface area contributed by atoms with Crippen LogP contribution in [-0.2, 0) is 9.59 Å². The molecule has 0 saturated heterocycles. The first-order valence-corrected chi connectivity index (χ1v) is 7.98. The summed E-state index contributed by atoms with van der Waals surface area (Å²) >= 11 is 12.1. The Morgan fingerprint density at radius 2 is 1.96 bits per heavy atom. The average molecular weight is 357 g/mol. The van der Waals surface area contributed by atoms with Crippen LogP contribution in [0.4, 0.5) is 0 Å². The molecular weight excluding hydrogens is 339 g/mol. The van der Waals surface area contributed by atoms with Gasteiger partial charge in [-0.05, 0) is 23.1 Å². The zero-order chi connectivity index (χ0) is 17.4. The molecule has 0 spiro atoms. The van der Waals surface area contributed by atoms with Crippen LogP contribution in [0.3, 0.4) is 0 Å². The van der Waals surface area contributed by atoms with E-state index in [4.69, 9.17) is 23.2 Å². The lowest BCUT2D eigenvalue weighted by atomic mass is 9.72. The molecule has 1 aliphatic rings. The van der Waals surface area contributed by atoms with Gasteiger partial charge in [-0.25, -0.2) is 0 Å². The number of rotatable bonds is 4. The maximum atomic E-state index is 12.5. The first-order valence-electron chi connectivity index (χ1n) is 7.22. The third kappa shape index (κ3) is 4.06. The molecule has 0 amide bonds. The van der Waals surface area contributed by atoms with Crippen molar-refractivity contribution >= 4 is 35.0 Å². The van der Waals surface area contributed by atoms with E-state index in [0.29, 0.717) is 17.0 Å². The molecule has 1 aliphatic carbocycles. The number of carbonyl (C=O) groups excluding carboxylic acids is 1. The molecule has 0 saturated carbocycles. The summed E-state index contributed by atoms with van der Waals surface area (Å²) in [6, 6.07) is 4.69. The number of aliphatic hydroxyl groups is 1. The van der Waals surface area contributed by atoms with Crippen LogP contribution in [0.2, 0.25) is 10.0 Å². The molecule has 1 aromatic rings. The van der Waals surface area contributed by atoms with Crippen LogP contribution in [-0.4, -0.2) is 22.0 Å². The Hall–Kier alpha value is -1.52. The van der Waals surface area contributed by atoms with E-state index in [9.17, 15) is 19.8 Å². The molecule has 0 fully saturated rings. The maximum Gasteiger partial charge on any atom is 0.304 e. The van der Waals surface area contributed by atoms with E-state index in [1.807, 2.05) is 13.8 Å². The summed E-state index contributed by atoms with van der Waals surface area (Å²) in [5, 5.41) is 20.3. The number of aliphatic hydroxyl groups excluding tert-OH is 1. The standard InChI is InChI=1S/C17H18Cl2O4/c1-17(2)7-13(20)16(14(21)8-17)11(6-15(22)23)10-4-3-9(18)5-12(10)19/h3-5,11,20H,6-8H2,1-2H3,(H,22,23). The highest BCUT2D eigenvalue weighted by atomic mass is 35.5. The number of hydrogen-bond acceptors (Lipinski definition) is 3. The van der Waals surface area contributed by atoms with Gasteiger partial charge in [0.15, 0.2) is 5.78 Å². The second-order valence-corrected chi connectivity index (χ2v) is 7.46. The monoisotopic (exact) mass is 356 g/mol. The summed E-state index contributed by atoms with van der Waals surface area (Å²) in [5.41, 5.74) is 0.284. The van der Waals surface area contributed by atoms with Gasteiger partial charge in [0.2, 0.25) is 0 Å². The minimum absolute atomic E-state index is 0.0523. The molecule has 0 aromatic heterocycles. The Morgan fingerprint density at radius 1 is 1.30 bits per heavy atom. The summed E-state index contributed by atoms with van der Waals surface area (Å²) in [7, 11) is 0. The van der Waals surface area contributed by atoms with Crippen LogP contribution in [0.5, 0.6) is 0 Å². The van der Waals surface area contributed by atoms with E-state index in [1.54, 1.807) is 12.1 Å². The van der Waals surface area contributed by atoms with E-state index in [2.05, 4.69) is 0 Å². The van der Waals surface area contributed by atoms with Crippen LogP contribution < -0.4 is 0 Å². The van der Waals surface area contributed by atoms with Crippen molar-refractivity contribution in [1.29, 1.82) is 0 Å². The molecule has 2 rings (SSSR count). The zero-order valence-electron chi connectivity index (χ0n) is 12.9. The Morgan fingerprint density at radius 3 is 2.48 bits per heavy atom. The lowest BCUT2D eigenvalue weighted by Gasteiger charge is -2.32. The van der Waals surface area contributed by atoms with Crippen LogP contribution in [0, 0.1) is 5.41 Å². The Labute approximate surface area is 144 Å².